The molecule has 0 radical (unpaired) electrons. The highest BCUT2D eigenvalue weighted by Crippen LogP contribution is 2.41. The quantitative estimate of drug-likeness (QED) is 0.668. The molecule has 0 saturated heterocycles. The fraction of sp³-hybridized carbons (Fsp3) is 0.235. The van der Waals surface area contributed by atoms with Crippen LogP contribution in [0.2, 0.25) is 0 Å². The normalized spacial score (nSPS) is 14.0. The van der Waals surface area contributed by atoms with E-state index in [0.29, 0.717) is 0 Å². The molecule has 3 heterocycles. The van der Waals surface area contributed by atoms with E-state index in [4.69, 9.17) is 4.74 Å². The highest BCUT2D eigenvalue weighted by atomic mass is 32.1. The number of carbonyl (C=O) groups excluding carboxylic acids is 1. The first-order chi connectivity index (χ1) is 10.3. The van der Waals surface area contributed by atoms with Crippen LogP contribution < -0.4 is 4.74 Å². The molecule has 4 rings (SSSR count). The molecule has 0 bridgehead atoms. The molecule has 3 nitrogen and oxygen atoms in total. The van der Waals surface area contributed by atoms with Crippen molar-refractivity contribution in [1.29, 1.82) is 0 Å². The summed E-state index contributed by atoms with van der Waals surface area (Å²) in [5.74, 6) is 0.949. The molecule has 106 valence electrons. The number of hydrogen-bond acceptors (Lipinski definition) is 3. The molecule has 1 aromatic carbocycles. The molecule has 1 aliphatic heterocycles. The van der Waals surface area contributed by atoms with Gasteiger partial charge in [-0.3, -0.25) is 9.36 Å². The average molecular weight is 297 g/mol. The Bertz CT molecular complexity index is 830. The molecule has 0 atom stereocenters. The summed E-state index contributed by atoms with van der Waals surface area (Å²) >= 11 is 1.68. The van der Waals surface area contributed by atoms with E-state index in [1.165, 1.54) is 5.56 Å². The van der Waals surface area contributed by atoms with Gasteiger partial charge in [0.2, 0.25) is 5.91 Å². The van der Waals surface area contributed by atoms with Crippen LogP contribution in [0.1, 0.15) is 23.7 Å². The van der Waals surface area contributed by atoms with Crippen LogP contribution in [0.15, 0.2) is 35.7 Å². The number of aryl methyl sites for hydroxylation is 1. The van der Waals surface area contributed by atoms with Crippen molar-refractivity contribution in [2.45, 2.75) is 19.8 Å². The number of hydrogen-bond donors (Lipinski definition) is 0. The van der Waals surface area contributed by atoms with Crippen LogP contribution >= 0.6 is 11.3 Å². The molecule has 0 saturated carbocycles. The number of rotatable bonds is 1. The van der Waals surface area contributed by atoms with Crippen LogP contribution in [0.5, 0.6) is 5.75 Å². The van der Waals surface area contributed by atoms with Crippen molar-refractivity contribution in [2.24, 2.45) is 0 Å². The number of aromatic nitrogens is 1. The molecular weight excluding hydrogens is 282 g/mol. The summed E-state index contributed by atoms with van der Waals surface area (Å²) in [4.78, 5) is 13.4. The van der Waals surface area contributed by atoms with Crippen LogP contribution in [-0.4, -0.2) is 17.1 Å². The van der Waals surface area contributed by atoms with Gasteiger partial charge in [0, 0.05) is 12.3 Å². The largest absolute Gasteiger partial charge is 0.493 e. The van der Waals surface area contributed by atoms with E-state index >= 15 is 0 Å². The number of benzene rings is 1. The van der Waals surface area contributed by atoms with Gasteiger partial charge in [0.25, 0.3) is 0 Å². The summed E-state index contributed by atoms with van der Waals surface area (Å²) in [5, 5.41) is 3.16. The smallest absolute Gasteiger partial charge is 0.228 e. The fourth-order valence-corrected chi connectivity index (χ4v) is 3.96. The molecule has 0 amide bonds. The lowest BCUT2D eigenvalue weighted by Crippen LogP contribution is -2.08. The van der Waals surface area contributed by atoms with Crippen molar-refractivity contribution >= 4 is 28.1 Å². The van der Waals surface area contributed by atoms with Gasteiger partial charge in [-0.2, -0.15) is 0 Å². The zero-order valence-electron chi connectivity index (χ0n) is 11.8. The zero-order valence-corrected chi connectivity index (χ0v) is 12.6. The lowest BCUT2D eigenvalue weighted by atomic mass is 10.1. The highest BCUT2D eigenvalue weighted by molar-refractivity contribution is 7.13. The second-order valence-electron chi connectivity index (χ2n) is 5.26. The summed E-state index contributed by atoms with van der Waals surface area (Å²) < 4.78 is 7.71. The van der Waals surface area contributed by atoms with E-state index < -0.39 is 0 Å². The van der Waals surface area contributed by atoms with Crippen LogP contribution in [-0.2, 0) is 6.42 Å². The monoisotopic (exact) mass is 297 g/mol. The van der Waals surface area contributed by atoms with Gasteiger partial charge in [-0.25, -0.2) is 0 Å². The Morgan fingerprint density at radius 2 is 2.19 bits per heavy atom. The van der Waals surface area contributed by atoms with Crippen molar-refractivity contribution in [3.05, 3.63) is 41.3 Å². The SMILES string of the molecule is CC(=O)n1c(-c2cccs2)c2c3c(cccc31)OCCC2. The number of carbonyl (C=O) groups is 1. The zero-order chi connectivity index (χ0) is 14.4. The third kappa shape index (κ3) is 1.83. The molecular formula is C17H15NO2S. The molecule has 21 heavy (non-hydrogen) atoms. The Balaban J connectivity index is 2.18. The van der Waals surface area contributed by atoms with E-state index in [1.54, 1.807) is 18.3 Å². The maximum Gasteiger partial charge on any atom is 0.228 e. The minimum atomic E-state index is 0.0485. The van der Waals surface area contributed by atoms with E-state index in [9.17, 15) is 4.79 Å². The van der Waals surface area contributed by atoms with Gasteiger partial charge in [0.05, 0.1) is 22.7 Å². The van der Waals surface area contributed by atoms with Gasteiger partial charge in [-0.15, -0.1) is 11.3 Å². The number of nitrogens with zero attached hydrogens (tertiary/aromatic N) is 1. The third-order valence-electron chi connectivity index (χ3n) is 3.95. The lowest BCUT2D eigenvalue weighted by Gasteiger charge is -2.08. The summed E-state index contributed by atoms with van der Waals surface area (Å²) in [6, 6.07) is 10.1. The van der Waals surface area contributed by atoms with Crippen molar-refractivity contribution in [3.63, 3.8) is 0 Å². The molecule has 0 aliphatic carbocycles. The van der Waals surface area contributed by atoms with E-state index in [0.717, 1.165) is 46.7 Å². The van der Waals surface area contributed by atoms with Crippen molar-refractivity contribution in [2.75, 3.05) is 6.61 Å². The van der Waals surface area contributed by atoms with E-state index in [-0.39, 0.29) is 5.91 Å². The van der Waals surface area contributed by atoms with Crippen LogP contribution in [0.4, 0.5) is 0 Å². The fourth-order valence-electron chi connectivity index (χ4n) is 3.18. The highest BCUT2D eigenvalue weighted by Gasteiger charge is 2.25. The summed E-state index contributed by atoms with van der Waals surface area (Å²) in [7, 11) is 0. The maximum absolute atomic E-state index is 12.2. The molecule has 0 fully saturated rings. The Morgan fingerprint density at radius 1 is 1.29 bits per heavy atom. The second kappa shape index (κ2) is 4.74. The Hall–Kier alpha value is -2.07. The standard InChI is InChI=1S/C17H15NO2S/c1-11(19)18-13-6-2-7-14-16(13)12(5-3-9-20-14)17(18)15-8-4-10-21-15/h2,4,6-8,10H,3,5,9H2,1H3. The van der Waals surface area contributed by atoms with Gasteiger partial charge in [0.15, 0.2) is 0 Å². The summed E-state index contributed by atoms with van der Waals surface area (Å²) in [6.07, 6.45) is 1.92. The molecule has 0 N–H and O–H groups in total. The van der Waals surface area contributed by atoms with Gasteiger partial charge < -0.3 is 4.74 Å². The van der Waals surface area contributed by atoms with Crippen LogP contribution in [0, 0.1) is 0 Å². The predicted octanol–water partition coefficient (Wildman–Crippen LogP) is 4.35. The van der Waals surface area contributed by atoms with Gasteiger partial charge in [-0.05, 0) is 42.0 Å². The molecule has 0 spiro atoms. The first-order valence-corrected chi connectivity index (χ1v) is 7.99. The Morgan fingerprint density at radius 3 is 2.95 bits per heavy atom. The molecule has 0 unspecified atom stereocenters. The van der Waals surface area contributed by atoms with Gasteiger partial charge in [-0.1, -0.05) is 12.1 Å². The lowest BCUT2D eigenvalue weighted by molar-refractivity contribution is 0.0943. The second-order valence-corrected chi connectivity index (χ2v) is 6.21. The average Bonchev–Trinajstić information content (AvgIpc) is 3.03. The molecule has 1 aliphatic rings. The minimum Gasteiger partial charge on any atom is -0.493 e. The summed E-state index contributed by atoms with van der Waals surface area (Å²) in [5.41, 5.74) is 3.25. The third-order valence-corrected chi connectivity index (χ3v) is 4.83. The minimum absolute atomic E-state index is 0.0485. The Kier molecular flexibility index (Phi) is 2.86. The predicted molar refractivity (Wildman–Crippen MR) is 85.4 cm³/mol. The Labute approximate surface area is 126 Å². The first-order valence-electron chi connectivity index (χ1n) is 7.11. The van der Waals surface area contributed by atoms with Gasteiger partial charge >= 0.3 is 0 Å². The molecule has 3 aromatic rings. The number of thiophene rings is 1. The van der Waals surface area contributed by atoms with Crippen molar-refractivity contribution in [3.8, 4) is 16.3 Å². The molecule has 4 heteroatoms. The van der Waals surface area contributed by atoms with Crippen LogP contribution in [0.3, 0.4) is 0 Å². The summed E-state index contributed by atoms with van der Waals surface area (Å²) in [6.45, 7) is 2.36. The van der Waals surface area contributed by atoms with Gasteiger partial charge in [0.1, 0.15) is 5.75 Å². The van der Waals surface area contributed by atoms with Crippen molar-refractivity contribution < 1.29 is 9.53 Å². The van der Waals surface area contributed by atoms with E-state index in [1.807, 2.05) is 28.8 Å². The van der Waals surface area contributed by atoms with Crippen LogP contribution in [0.25, 0.3) is 21.5 Å². The van der Waals surface area contributed by atoms with Crippen molar-refractivity contribution in [1.82, 2.24) is 4.57 Å². The molecule has 2 aromatic heterocycles. The maximum atomic E-state index is 12.2. The first kappa shape index (κ1) is 12.7. The van der Waals surface area contributed by atoms with E-state index in [2.05, 4.69) is 11.4 Å². The number of ether oxygens (including phenoxy) is 1. The topological polar surface area (TPSA) is 31.2 Å².